The lowest BCUT2D eigenvalue weighted by atomic mass is 9.90. The monoisotopic (exact) mass is 348 g/mol. The molecule has 0 bridgehead atoms. The Labute approximate surface area is 149 Å². The van der Waals surface area contributed by atoms with Gasteiger partial charge in [0.15, 0.2) is 0 Å². The van der Waals surface area contributed by atoms with Gasteiger partial charge < -0.3 is 15.1 Å². The minimum Gasteiger partial charge on any atom is -0.464 e. The van der Waals surface area contributed by atoms with E-state index >= 15 is 0 Å². The van der Waals surface area contributed by atoms with E-state index in [2.05, 4.69) is 6.92 Å². The minimum absolute atomic E-state index is 0. The second-order valence-corrected chi connectivity index (χ2v) is 6.49. The Morgan fingerprint density at radius 1 is 1.25 bits per heavy atom. The molecule has 1 aromatic heterocycles. The van der Waals surface area contributed by atoms with Gasteiger partial charge in [0.25, 0.3) is 5.91 Å². The average Bonchev–Trinajstić information content (AvgIpc) is 3.00. The van der Waals surface area contributed by atoms with Crippen molar-refractivity contribution in [2.75, 3.05) is 6.54 Å². The molecular weight excluding hydrogens is 324 g/mol. The smallest absolute Gasteiger partial charge is 0.254 e. The zero-order valence-electron chi connectivity index (χ0n) is 14.2. The third-order valence-corrected chi connectivity index (χ3v) is 4.65. The molecular formula is C19H25ClN2O2. The summed E-state index contributed by atoms with van der Waals surface area (Å²) in [6, 6.07) is 11.6. The SMILES string of the molecule is Cc1ccc(C2CC(C)CCN2C(=O)c2ccc(CN)cc2)o1.Cl. The van der Waals surface area contributed by atoms with Crippen LogP contribution in [0.1, 0.15) is 53.2 Å². The summed E-state index contributed by atoms with van der Waals surface area (Å²) in [5, 5.41) is 0. The van der Waals surface area contributed by atoms with Gasteiger partial charge in [-0.1, -0.05) is 19.1 Å². The lowest BCUT2D eigenvalue weighted by Crippen LogP contribution is -2.40. The molecule has 1 aliphatic rings. The maximum atomic E-state index is 12.9. The van der Waals surface area contributed by atoms with Crippen molar-refractivity contribution in [3.8, 4) is 0 Å². The number of hydrogen-bond acceptors (Lipinski definition) is 3. The molecule has 1 fully saturated rings. The van der Waals surface area contributed by atoms with Crippen LogP contribution in [-0.4, -0.2) is 17.4 Å². The third-order valence-electron chi connectivity index (χ3n) is 4.65. The van der Waals surface area contributed by atoms with Gasteiger partial charge in [0.2, 0.25) is 0 Å². The highest BCUT2D eigenvalue weighted by Gasteiger charge is 2.33. The van der Waals surface area contributed by atoms with Crippen LogP contribution in [0.15, 0.2) is 40.8 Å². The summed E-state index contributed by atoms with van der Waals surface area (Å²) in [5.41, 5.74) is 7.37. The Hall–Kier alpha value is -1.78. The molecule has 2 atom stereocenters. The van der Waals surface area contributed by atoms with E-state index in [4.69, 9.17) is 10.2 Å². The van der Waals surface area contributed by atoms with Gasteiger partial charge in [0.05, 0.1) is 6.04 Å². The number of likely N-dealkylation sites (tertiary alicyclic amines) is 1. The van der Waals surface area contributed by atoms with Crippen molar-refractivity contribution in [3.05, 3.63) is 59.0 Å². The van der Waals surface area contributed by atoms with Crippen LogP contribution in [0.2, 0.25) is 0 Å². The van der Waals surface area contributed by atoms with Crippen LogP contribution in [0.25, 0.3) is 0 Å². The highest BCUT2D eigenvalue weighted by molar-refractivity contribution is 5.94. The van der Waals surface area contributed by atoms with E-state index in [1.54, 1.807) is 0 Å². The molecule has 1 saturated heterocycles. The summed E-state index contributed by atoms with van der Waals surface area (Å²) in [4.78, 5) is 14.9. The van der Waals surface area contributed by atoms with Gasteiger partial charge in [-0.25, -0.2) is 0 Å². The largest absolute Gasteiger partial charge is 0.464 e. The lowest BCUT2D eigenvalue weighted by Gasteiger charge is -2.37. The maximum absolute atomic E-state index is 12.9. The molecule has 2 aromatic rings. The molecule has 0 radical (unpaired) electrons. The first-order valence-electron chi connectivity index (χ1n) is 8.25. The third kappa shape index (κ3) is 3.82. The van der Waals surface area contributed by atoms with E-state index in [0.29, 0.717) is 18.0 Å². The first-order valence-corrected chi connectivity index (χ1v) is 8.25. The molecule has 130 valence electrons. The van der Waals surface area contributed by atoms with Gasteiger partial charge in [-0.3, -0.25) is 4.79 Å². The van der Waals surface area contributed by atoms with Crippen LogP contribution in [-0.2, 0) is 6.54 Å². The van der Waals surface area contributed by atoms with Gasteiger partial charge >= 0.3 is 0 Å². The van der Waals surface area contributed by atoms with Crippen LogP contribution < -0.4 is 5.73 Å². The van der Waals surface area contributed by atoms with Crippen LogP contribution in [0.5, 0.6) is 0 Å². The van der Waals surface area contributed by atoms with E-state index in [1.807, 2.05) is 48.2 Å². The predicted molar refractivity (Wildman–Crippen MR) is 97.2 cm³/mol. The Kier molecular flexibility index (Phi) is 6.08. The number of nitrogens with zero attached hydrogens (tertiary/aromatic N) is 1. The highest BCUT2D eigenvalue weighted by Crippen LogP contribution is 2.35. The van der Waals surface area contributed by atoms with Crippen LogP contribution >= 0.6 is 12.4 Å². The number of amides is 1. The van der Waals surface area contributed by atoms with Gasteiger partial charge in [0.1, 0.15) is 11.5 Å². The van der Waals surface area contributed by atoms with Gasteiger partial charge in [0, 0.05) is 18.7 Å². The zero-order chi connectivity index (χ0) is 16.4. The van der Waals surface area contributed by atoms with Crippen molar-refractivity contribution in [1.82, 2.24) is 4.90 Å². The molecule has 1 aliphatic heterocycles. The van der Waals surface area contributed by atoms with Crippen LogP contribution in [0.4, 0.5) is 0 Å². The molecule has 2 heterocycles. The van der Waals surface area contributed by atoms with Crippen molar-refractivity contribution in [3.63, 3.8) is 0 Å². The van der Waals surface area contributed by atoms with E-state index in [1.165, 1.54) is 0 Å². The van der Waals surface area contributed by atoms with Crippen LogP contribution in [0, 0.1) is 12.8 Å². The summed E-state index contributed by atoms with van der Waals surface area (Å²) in [6.07, 6.45) is 1.97. The molecule has 1 amide bonds. The highest BCUT2D eigenvalue weighted by atomic mass is 35.5. The van der Waals surface area contributed by atoms with E-state index < -0.39 is 0 Å². The summed E-state index contributed by atoms with van der Waals surface area (Å²) in [7, 11) is 0. The first-order chi connectivity index (χ1) is 11.1. The fraction of sp³-hybridized carbons (Fsp3) is 0.421. The number of carbonyl (C=O) groups is 1. The second-order valence-electron chi connectivity index (χ2n) is 6.49. The number of piperidine rings is 1. The zero-order valence-corrected chi connectivity index (χ0v) is 15.0. The molecule has 5 heteroatoms. The average molecular weight is 349 g/mol. The van der Waals surface area contributed by atoms with Crippen molar-refractivity contribution in [1.29, 1.82) is 0 Å². The second kappa shape index (κ2) is 7.86. The Morgan fingerprint density at radius 2 is 1.96 bits per heavy atom. The molecule has 3 rings (SSSR count). The van der Waals surface area contributed by atoms with E-state index in [9.17, 15) is 4.79 Å². The number of nitrogens with two attached hydrogens (primary N) is 1. The summed E-state index contributed by atoms with van der Waals surface area (Å²) >= 11 is 0. The molecule has 2 N–H and O–H groups in total. The number of aryl methyl sites for hydroxylation is 1. The Balaban J connectivity index is 0.00000208. The Morgan fingerprint density at radius 3 is 2.54 bits per heavy atom. The van der Waals surface area contributed by atoms with Crippen LogP contribution in [0.3, 0.4) is 0 Å². The van der Waals surface area contributed by atoms with E-state index in [-0.39, 0.29) is 24.4 Å². The molecule has 0 saturated carbocycles. The Bertz CT molecular complexity index is 681. The topological polar surface area (TPSA) is 59.5 Å². The van der Waals surface area contributed by atoms with Crippen molar-refractivity contribution in [2.24, 2.45) is 11.7 Å². The molecule has 0 spiro atoms. The normalized spacial score (nSPS) is 20.5. The molecule has 1 aromatic carbocycles. The van der Waals surface area contributed by atoms with E-state index in [0.717, 1.165) is 36.5 Å². The lowest BCUT2D eigenvalue weighted by molar-refractivity contribution is 0.0519. The number of rotatable bonds is 3. The summed E-state index contributed by atoms with van der Waals surface area (Å²) < 4.78 is 5.81. The van der Waals surface area contributed by atoms with Crippen molar-refractivity contribution < 1.29 is 9.21 Å². The number of halogens is 1. The number of furan rings is 1. The molecule has 2 unspecified atom stereocenters. The fourth-order valence-corrected chi connectivity index (χ4v) is 3.24. The fourth-order valence-electron chi connectivity index (χ4n) is 3.24. The number of benzene rings is 1. The van der Waals surface area contributed by atoms with Gasteiger partial charge in [-0.15, -0.1) is 12.4 Å². The predicted octanol–water partition coefficient (Wildman–Crippen LogP) is 4.08. The van der Waals surface area contributed by atoms with Crippen molar-refractivity contribution in [2.45, 2.75) is 39.3 Å². The van der Waals surface area contributed by atoms with Gasteiger partial charge in [-0.2, -0.15) is 0 Å². The maximum Gasteiger partial charge on any atom is 0.254 e. The summed E-state index contributed by atoms with van der Waals surface area (Å²) in [5.74, 6) is 2.44. The first kappa shape index (κ1) is 18.6. The summed E-state index contributed by atoms with van der Waals surface area (Å²) in [6.45, 7) is 5.43. The molecule has 0 aliphatic carbocycles. The van der Waals surface area contributed by atoms with Gasteiger partial charge in [-0.05, 0) is 55.5 Å². The molecule has 4 nitrogen and oxygen atoms in total. The minimum atomic E-state index is 0. The standard InChI is InChI=1S/C19H24N2O2.ClH/c1-13-9-10-21(17(11-13)18-8-3-14(2)23-18)19(22)16-6-4-15(12-20)5-7-16;/h3-8,13,17H,9-12,20H2,1-2H3;1H. The van der Waals surface area contributed by atoms with Crippen molar-refractivity contribution >= 4 is 18.3 Å². The number of hydrogen-bond donors (Lipinski definition) is 1. The number of carbonyl (C=O) groups excluding carboxylic acids is 1. The molecule has 24 heavy (non-hydrogen) atoms. The quantitative estimate of drug-likeness (QED) is 0.909.